The van der Waals surface area contributed by atoms with Crippen LogP contribution in [0.25, 0.3) is 0 Å². The molecule has 0 aliphatic carbocycles. The predicted octanol–water partition coefficient (Wildman–Crippen LogP) is 2.38. The minimum Gasteiger partial charge on any atom is -0.508 e. The molecule has 2 unspecified atom stereocenters. The summed E-state index contributed by atoms with van der Waals surface area (Å²) in [5, 5.41) is 18.2. The summed E-state index contributed by atoms with van der Waals surface area (Å²) in [6, 6.07) is 6.59. The van der Waals surface area contributed by atoms with E-state index in [9.17, 15) is 9.90 Å². The fourth-order valence-electron chi connectivity index (χ4n) is 1.51. The molecule has 0 aliphatic rings. The first kappa shape index (κ1) is 11.3. The van der Waals surface area contributed by atoms with E-state index in [4.69, 9.17) is 5.11 Å². The Morgan fingerprint density at radius 3 is 2.67 bits per heavy atom. The van der Waals surface area contributed by atoms with E-state index in [-0.39, 0.29) is 11.7 Å². The molecule has 2 N–H and O–H groups in total. The standard InChI is InChI=1S/C12H14O3/c1-3-11(8(2)12(14)15)9-5-4-6-10(13)7-9/h3-8,11,13H,1H2,2H3,(H,14,15). The van der Waals surface area contributed by atoms with Gasteiger partial charge in [-0.2, -0.15) is 0 Å². The summed E-state index contributed by atoms with van der Waals surface area (Å²) in [6.07, 6.45) is 1.59. The van der Waals surface area contributed by atoms with Crippen molar-refractivity contribution in [2.75, 3.05) is 0 Å². The fourth-order valence-corrected chi connectivity index (χ4v) is 1.51. The molecule has 15 heavy (non-hydrogen) atoms. The maximum atomic E-state index is 10.8. The average Bonchev–Trinajstić information content (AvgIpc) is 2.18. The highest BCUT2D eigenvalue weighted by atomic mass is 16.4. The zero-order valence-electron chi connectivity index (χ0n) is 8.55. The molecule has 3 nitrogen and oxygen atoms in total. The highest BCUT2D eigenvalue weighted by molar-refractivity contribution is 5.71. The molecule has 1 aromatic rings. The number of carboxylic acids is 1. The van der Waals surface area contributed by atoms with Gasteiger partial charge in [0, 0.05) is 5.92 Å². The molecular formula is C12H14O3. The van der Waals surface area contributed by atoms with Gasteiger partial charge in [-0.3, -0.25) is 4.79 Å². The lowest BCUT2D eigenvalue weighted by Gasteiger charge is -2.17. The van der Waals surface area contributed by atoms with Crippen LogP contribution in [0.4, 0.5) is 0 Å². The second kappa shape index (κ2) is 4.64. The van der Waals surface area contributed by atoms with Crippen LogP contribution in [0.2, 0.25) is 0 Å². The Morgan fingerprint density at radius 2 is 2.20 bits per heavy atom. The van der Waals surface area contributed by atoms with Gasteiger partial charge in [0.1, 0.15) is 5.75 Å². The van der Waals surface area contributed by atoms with E-state index in [1.807, 2.05) is 0 Å². The van der Waals surface area contributed by atoms with Crippen molar-refractivity contribution < 1.29 is 15.0 Å². The molecule has 0 heterocycles. The van der Waals surface area contributed by atoms with Crippen LogP contribution in [0.5, 0.6) is 5.75 Å². The maximum absolute atomic E-state index is 10.8. The summed E-state index contributed by atoms with van der Waals surface area (Å²) in [5.74, 6) is -1.57. The third-order valence-electron chi connectivity index (χ3n) is 2.44. The largest absolute Gasteiger partial charge is 0.508 e. The van der Waals surface area contributed by atoms with Crippen molar-refractivity contribution in [2.24, 2.45) is 5.92 Å². The van der Waals surface area contributed by atoms with Crippen LogP contribution < -0.4 is 0 Å². The van der Waals surface area contributed by atoms with Gasteiger partial charge in [0.25, 0.3) is 0 Å². The second-order valence-electron chi connectivity index (χ2n) is 3.48. The number of phenolic OH excluding ortho intramolecular Hbond substituents is 1. The van der Waals surface area contributed by atoms with Crippen molar-refractivity contribution in [1.29, 1.82) is 0 Å². The van der Waals surface area contributed by atoms with E-state index in [1.165, 1.54) is 0 Å². The summed E-state index contributed by atoms with van der Waals surface area (Å²) < 4.78 is 0. The Kier molecular flexibility index (Phi) is 3.50. The minimum atomic E-state index is -0.872. The van der Waals surface area contributed by atoms with Gasteiger partial charge in [-0.05, 0) is 17.7 Å². The smallest absolute Gasteiger partial charge is 0.307 e. The molecular weight excluding hydrogens is 192 g/mol. The highest BCUT2D eigenvalue weighted by Crippen LogP contribution is 2.28. The molecule has 0 aromatic heterocycles. The zero-order chi connectivity index (χ0) is 11.4. The van der Waals surface area contributed by atoms with Gasteiger partial charge in [-0.25, -0.2) is 0 Å². The topological polar surface area (TPSA) is 57.5 Å². The first-order valence-corrected chi connectivity index (χ1v) is 4.70. The van der Waals surface area contributed by atoms with Crippen molar-refractivity contribution >= 4 is 5.97 Å². The van der Waals surface area contributed by atoms with Crippen LogP contribution in [-0.4, -0.2) is 16.2 Å². The third-order valence-corrected chi connectivity index (χ3v) is 2.44. The molecule has 0 saturated carbocycles. The van der Waals surface area contributed by atoms with Crippen LogP contribution >= 0.6 is 0 Å². The minimum absolute atomic E-state index is 0.136. The molecule has 3 heteroatoms. The van der Waals surface area contributed by atoms with E-state index in [0.717, 1.165) is 5.56 Å². The van der Waals surface area contributed by atoms with Gasteiger partial charge in [0.05, 0.1) is 5.92 Å². The lowest BCUT2D eigenvalue weighted by molar-refractivity contribution is -0.141. The van der Waals surface area contributed by atoms with Gasteiger partial charge in [0.2, 0.25) is 0 Å². The van der Waals surface area contributed by atoms with Crippen molar-refractivity contribution in [1.82, 2.24) is 0 Å². The van der Waals surface area contributed by atoms with Crippen molar-refractivity contribution in [3.63, 3.8) is 0 Å². The Bertz CT molecular complexity index is 371. The Hall–Kier alpha value is -1.77. The Balaban J connectivity index is 3.02. The fraction of sp³-hybridized carbons (Fsp3) is 0.250. The monoisotopic (exact) mass is 206 g/mol. The molecule has 0 aliphatic heterocycles. The molecule has 0 spiro atoms. The van der Waals surface area contributed by atoms with Crippen LogP contribution in [-0.2, 0) is 4.79 Å². The summed E-state index contributed by atoms with van der Waals surface area (Å²) in [4.78, 5) is 10.8. The van der Waals surface area contributed by atoms with Crippen molar-refractivity contribution in [2.45, 2.75) is 12.8 Å². The number of hydrogen-bond donors (Lipinski definition) is 2. The van der Waals surface area contributed by atoms with Crippen LogP contribution in [0, 0.1) is 5.92 Å². The molecule has 0 radical (unpaired) electrons. The lowest BCUT2D eigenvalue weighted by Crippen LogP contribution is -2.17. The Morgan fingerprint density at radius 1 is 1.53 bits per heavy atom. The molecule has 0 fully saturated rings. The maximum Gasteiger partial charge on any atom is 0.307 e. The molecule has 0 amide bonds. The Labute approximate surface area is 88.7 Å². The molecule has 2 atom stereocenters. The van der Waals surface area contributed by atoms with Crippen molar-refractivity contribution in [3.8, 4) is 5.75 Å². The van der Waals surface area contributed by atoms with E-state index >= 15 is 0 Å². The number of phenols is 1. The van der Waals surface area contributed by atoms with E-state index < -0.39 is 11.9 Å². The normalized spacial score (nSPS) is 14.2. The number of benzene rings is 1. The number of aromatic hydroxyl groups is 1. The number of allylic oxidation sites excluding steroid dienone is 1. The number of hydrogen-bond acceptors (Lipinski definition) is 2. The van der Waals surface area contributed by atoms with Gasteiger partial charge in [-0.15, -0.1) is 6.58 Å². The summed E-state index contributed by atoms with van der Waals surface area (Å²) in [5.41, 5.74) is 0.764. The van der Waals surface area contributed by atoms with Crippen LogP contribution in [0.3, 0.4) is 0 Å². The molecule has 0 bridgehead atoms. The van der Waals surface area contributed by atoms with Gasteiger partial charge < -0.3 is 10.2 Å². The van der Waals surface area contributed by atoms with Gasteiger partial charge >= 0.3 is 5.97 Å². The van der Waals surface area contributed by atoms with Gasteiger partial charge in [-0.1, -0.05) is 25.1 Å². The molecule has 0 saturated heterocycles. The van der Waals surface area contributed by atoms with E-state index in [0.29, 0.717) is 0 Å². The second-order valence-corrected chi connectivity index (χ2v) is 3.48. The van der Waals surface area contributed by atoms with Crippen molar-refractivity contribution in [3.05, 3.63) is 42.5 Å². The van der Waals surface area contributed by atoms with E-state index in [2.05, 4.69) is 6.58 Å². The quantitative estimate of drug-likeness (QED) is 0.743. The van der Waals surface area contributed by atoms with Crippen LogP contribution in [0.15, 0.2) is 36.9 Å². The van der Waals surface area contributed by atoms with Gasteiger partial charge in [0.15, 0.2) is 0 Å². The summed E-state index contributed by atoms with van der Waals surface area (Å²) in [6.45, 7) is 5.25. The number of aliphatic carboxylic acids is 1. The first-order chi connectivity index (χ1) is 7.06. The van der Waals surface area contributed by atoms with E-state index in [1.54, 1.807) is 37.3 Å². The first-order valence-electron chi connectivity index (χ1n) is 4.70. The average molecular weight is 206 g/mol. The molecule has 80 valence electrons. The summed E-state index contributed by atoms with van der Waals surface area (Å²) in [7, 11) is 0. The van der Waals surface area contributed by atoms with Crippen LogP contribution in [0.1, 0.15) is 18.4 Å². The number of rotatable bonds is 4. The predicted molar refractivity (Wildman–Crippen MR) is 57.8 cm³/mol. The lowest BCUT2D eigenvalue weighted by atomic mass is 9.87. The number of carbonyl (C=O) groups is 1. The highest BCUT2D eigenvalue weighted by Gasteiger charge is 2.22. The molecule has 1 rings (SSSR count). The third kappa shape index (κ3) is 2.59. The number of carboxylic acid groups (broad SMARTS) is 1. The molecule has 1 aromatic carbocycles. The SMILES string of the molecule is C=CC(c1cccc(O)c1)C(C)C(=O)O. The zero-order valence-corrected chi connectivity index (χ0v) is 8.55. The summed E-state index contributed by atoms with van der Waals surface area (Å²) >= 11 is 0.